The summed E-state index contributed by atoms with van der Waals surface area (Å²) in [4.78, 5) is 41.3. The van der Waals surface area contributed by atoms with Crippen molar-refractivity contribution in [2.45, 2.75) is 20.3 Å². The molecule has 4 aromatic rings. The second-order valence-electron chi connectivity index (χ2n) is 6.84. The SMILES string of the molecule is CC(=O)Oc1cccc(C=c2sc3nc(=O)c(Cc4ccccc4)c(C)n3c2=O)c1. The van der Waals surface area contributed by atoms with Crippen LogP contribution in [-0.2, 0) is 11.2 Å². The first-order chi connectivity index (χ1) is 14.4. The molecular weight excluding hydrogens is 400 g/mol. The molecule has 0 radical (unpaired) electrons. The van der Waals surface area contributed by atoms with E-state index < -0.39 is 5.97 Å². The Kier molecular flexibility index (Phi) is 5.29. The van der Waals surface area contributed by atoms with Gasteiger partial charge in [0.25, 0.3) is 11.1 Å². The van der Waals surface area contributed by atoms with Crippen molar-refractivity contribution in [1.29, 1.82) is 0 Å². The van der Waals surface area contributed by atoms with E-state index in [0.717, 1.165) is 16.9 Å². The van der Waals surface area contributed by atoms with Crippen molar-refractivity contribution < 1.29 is 9.53 Å². The van der Waals surface area contributed by atoms with Gasteiger partial charge in [-0.25, -0.2) is 0 Å². The van der Waals surface area contributed by atoms with E-state index in [9.17, 15) is 14.4 Å². The smallest absolute Gasteiger partial charge is 0.308 e. The average molecular weight is 418 g/mol. The second kappa shape index (κ2) is 8.04. The topological polar surface area (TPSA) is 77.7 Å². The number of ether oxygens (including phenoxy) is 1. The lowest BCUT2D eigenvalue weighted by molar-refractivity contribution is -0.131. The van der Waals surface area contributed by atoms with Crippen LogP contribution in [0.4, 0.5) is 0 Å². The zero-order valence-corrected chi connectivity index (χ0v) is 17.2. The van der Waals surface area contributed by atoms with Crippen molar-refractivity contribution in [2.24, 2.45) is 0 Å². The van der Waals surface area contributed by atoms with Crippen molar-refractivity contribution in [1.82, 2.24) is 9.38 Å². The van der Waals surface area contributed by atoms with Crippen molar-refractivity contribution in [3.05, 3.63) is 102 Å². The molecule has 2 aromatic carbocycles. The van der Waals surface area contributed by atoms with Crippen LogP contribution in [0.1, 0.15) is 29.3 Å². The van der Waals surface area contributed by atoms with E-state index in [2.05, 4.69) is 4.98 Å². The fourth-order valence-corrected chi connectivity index (χ4v) is 4.29. The number of hydrogen-bond acceptors (Lipinski definition) is 6. The molecule has 0 bridgehead atoms. The summed E-state index contributed by atoms with van der Waals surface area (Å²) in [5, 5.41) is 0. The fourth-order valence-electron chi connectivity index (χ4n) is 3.28. The van der Waals surface area contributed by atoms with E-state index in [1.165, 1.54) is 11.3 Å². The molecular formula is C23H18N2O4S. The summed E-state index contributed by atoms with van der Waals surface area (Å²) in [5.74, 6) is -0.0124. The molecule has 2 heterocycles. The number of thiazole rings is 1. The lowest BCUT2D eigenvalue weighted by Gasteiger charge is -2.06. The number of fused-ring (bicyclic) bond motifs is 1. The van der Waals surface area contributed by atoms with Gasteiger partial charge < -0.3 is 4.74 Å². The Hall–Kier alpha value is -3.58. The third kappa shape index (κ3) is 3.92. The monoisotopic (exact) mass is 418 g/mol. The highest BCUT2D eigenvalue weighted by Crippen LogP contribution is 2.15. The van der Waals surface area contributed by atoms with Crippen LogP contribution in [0.5, 0.6) is 5.75 Å². The van der Waals surface area contributed by atoms with E-state index >= 15 is 0 Å². The maximum atomic E-state index is 13.0. The molecule has 7 heteroatoms. The number of esters is 1. The highest BCUT2D eigenvalue weighted by Gasteiger charge is 2.15. The molecule has 2 aromatic heterocycles. The van der Waals surface area contributed by atoms with Crippen molar-refractivity contribution in [3.8, 4) is 5.75 Å². The highest BCUT2D eigenvalue weighted by atomic mass is 32.1. The number of carbonyl (C=O) groups excluding carboxylic acids is 1. The van der Waals surface area contributed by atoms with Gasteiger partial charge in [0.1, 0.15) is 5.75 Å². The fraction of sp³-hybridized carbons (Fsp3) is 0.130. The van der Waals surface area contributed by atoms with Crippen molar-refractivity contribution in [3.63, 3.8) is 0 Å². The third-order valence-electron chi connectivity index (χ3n) is 4.68. The van der Waals surface area contributed by atoms with Crippen molar-refractivity contribution in [2.75, 3.05) is 0 Å². The summed E-state index contributed by atoms with van der Waals surface area (Å²) in [5.41, 5.74) is 2.26. The lowest BCUT2D eigenvalue weighted by atomic mass is 10.1. The van der Waals surface area contributed by atoms with Gasteiger partial charge in [-0.2, -0.15) is 4.98 Å². The summed E-state index contributed by atoms with van der Waals surface area (Å²) in [6.45, 7) is 3.10. The molecule has 0 unspecified atom stereocenters. The molecule has 0 aliphatic carbocycles. The molecule has 0 aliphatic heterocycles. The number of aromatic nitrogens is 2. The number of benzene rings is 2. The van der Waals surface area contributed by atoms with E-state index in [4.69, 9.17) is 4.74 Å². The first-order valence-corrected chi connectivity index (χ1v) is 10.1. The van der Waals surface area contributed by atoms with Gasteiger partial charge in [0.05, 0.1) is 4.53 Å². The van der Waals surface area contributed by atoms with Crippen LogP contribution in [0.3, 0.4) is 0 Å². The Morgan fingerprint density at radius 3 is 2.63 bits per heavy atom. The molecule has 0 saturated carbocycles. The minimum Gasteiger partial charge on any atom is -0.427 e. The van der Waals surface area contributed by atoms with Gasteiger partial charge in [-0.3, -0.25) is 18.8 Å². The van der Waals surface area contributed by atoms with Crippen LogP contribution in [-0.4, -0.2) is 15.4 Å². The Morgan fingerprint density at radius 2 is 1.90 bits per heavy atom. The van der Waals surface area contributed by atoms with E-state index in [1.54, 1.807) is 31.2 Å². The minimum absolute atomic E-state index is 0.229. The number of aryl methyl sites for hydroxylation is 1. The molecule has 0 aliphatic rings. The van der Waals surface area contributed by atoms with Crippen LogP contribution in [0.15, 0.2) is 64.2 Å². The Morgan fingerprint density at radius 1 is 1.13 bits per heavy atom. The molecule has 4 rings (SSSR count). The average Bonchev–Trinajstić information content (AvgIpc) is 3.01. The predicted molar refractivity (Wildman–Crippen MR) is 116 cm³/mol. The van der Waals surface area contributed by atoms with Gasteiger partial charge in [0.15, 0.2) is 0 Å². The zero-order valence-electron chi connectivity index (χ0n) is 16.4. The third-order valence-corrected chi connectivity index (χ3v) is 5.64. The number of carbonyl (C=O) groups is 1. The minimum atomic E-state index is -0.414. The number of hydrogen-bond donors (Lipinski definition) is 0. The van der Waals surface area contributed by atoms with E-state index in [0.29, 0.717) is 38.5 Å². The molecule has 0 fully saturated rings. The highest BCUT2D eigenvalue weighted by molar-refractivity contribution is 7.15. The first-order valence-electron chi connectivity index (χ1n) is 9.31. The van der Waals surface area contributed by atoms with Crippen LogP contribution in [0, 0.1) is 6.92 Å². The zero-order chi connectivity index (χ0) is 21.3. The molecule has 0 amide bonds. The van der Waals surface area contributed by atoms with Gasteiger partial charge in [0.2, 0.25) is 4.96 Å². The maximum Gasteiger partial charge on any atom is 0.308 e. The standard InChI is InChI=1S/C23H18N2O4S/c1-14-19(12-16-7-4-3-5-8-16)21(27)24-23-25(14)22(28)20(30-23)13-17-9-6-10-18(11-17)29-15(2)26/h3-11,13H,12H2,1-2H3. The molecule has 0 N–H and O–H groups in total. The van der Waals surface area contributed by atoms with Crippen LogP contribution in [0.2, 0.25) is 0 Å². The van der Waals surface area contributed by atoms with Gasteiger partial charge in [-0.05, 0) is 36.3 Å². The van der Waals surface area contributed by atoms with Gasteiger partial charge in [-0.1, -0.05) is 53.8 Å². The van der Waals surface area contributed by atoms with E-state index in [1.807, 2.05) is 36.4 Å². The maximum absolute atomic E-state index is 13.0. The Labute approximate surface area is 175 Å². The summed E-state index contributed by atoms with van der Waals surface area (Å²) < 4.78 is 7.03. The summed E-state index contributed by atoms with van der Waals surface area (Å²) in [6, 6.07) is 16.5. The molecule has 30 heavy (non-hydrogen) atoms. The first kappa shape index (κ1) is 19.7. The molecule has 0 saturated heterocycles. The van der Waals surface area contributed by atoms with E-state index in [-0.39, 0.29) is 11.1 Å². The van der Waals surface area contributed by atoms with Crippen molar-refractivity contribution >= 4 is 28.3 Å². The van der Waals surface area contributed by atoms with Crippen LogP contribution >= 0.6 is 11.3 Å². The largest absolute Gasteiger partial charge is 0.427 e. The Balaban J connectivity index is 1.82. The van der Waals surface area contributed by atoms with Crippen LogP contribution < -0.4 is 20.4 Å². The summed E-state index contributed by atoms with van der Waals surface area (Å²) in [6.07, 6.45) is 2.12. The normalized spacial score (nSPS) is 11.7. The van der Waals surface area contributed by atoms with Gasteiger partial charge in [-0.15, -0.1) is 0 Å². The molecule has 150 valence electrons. The Bertz CT molecular complexity index is 1420. The number of nitrogens with zero attached hydrogens (tertiary/aromatic N) is 2. The summed E-state index contributed by atoms with van der Waals surface area (Å²) in [7, 11) is 0. The quantitative estimate of drug-likeness (QED) is 0.376. The molecule has 6 nitrogen and oxygen atoms in total. The number of rotatable bonds is 4. The molecule has 0 spiro atoms. The van der Waals surface area contributed by atoms with Gasteiger partial charge in [0, 0.05) is 24.6 Å². The molecule has 0 atom stereocenters. The van der Waals surface area contributed by atoms with Crippen LogP contribution in [0.25, 0.3) is 11.0 Å². The van der Waals surface area contributed by atoms with Gasteiger partial charge >= 0.3 is 5.97 Å². The second-order valence-corrected chi connectivity index (χ2v) is 7.85. The lowest BCUT2D eigenvalue weighted by Crippen LogP contribution is -2.27. The summed E-state index contributed by atoms with van der Waals surface area (Å²) >= 11 is 1.16. The predicted octanol–water partition coefficient (Wildman–Crippen LogP) is 2.49.